The van der Waals surface area contributed by atoms with E-state index in [1.807, 2.05) is 11.6 Å². The van der Waals surface area contributed by atoms with Crippen molar-refractivity contribution in [1.82, 2.24) is 19.6 Å². The molecule has 2 aromatic rings. The minimum atomic E-state index is 0.725. The maximum Gasteiger partial charge on any atom is 0.237 e. The summed E-state index contributed by atoms with van der Waals surface area (Å²) in [6, 6.07) is 0. The molecule has 6 nitrogen and oxygen atoms in total. The quantitative estimate of drug-likeness (QED) is 0.779. The fraction of sp³-hybridized carbons (Fsp3) is 0.643. The molecule has 1 aliphatic rings. The monoisotopic (exact) mass is 310 g/mol. The first-order valence-corrected chi connectivity index (χ1v) is 8.25. The minimum absolute atomic E-state index is 0.725. The Morgan fingerprint density at radius 1 is 1.43 bits per heavy atom. The van der Waals surface area contributed by atoms with Crippen LogP contribution in [0.4, 0.5) is 0 Å². The van der Waals surface area contributed by atoms with E-state index in [4.69, 9.17) is 9.47 Å². The predicted octanol–water partition coefficient (Wildman–Crippen LogP) is 1.22. The molecule has 0 aliphatic carbocycles. The van der Waals surface area contributed by atoms with Gasteiger partial charge in [0.05, 0.1) is 20.3 Å². The third-order valence-electron chi connectivity index (χ3n) is 3.74. The van der Waals surface area contributed by atoms with Crippen molar-refractivity contribution in [3.05, 3.63) is 17.3 Å². The standard InChI is InChI=1S/C14H22N4O2S/c1-19-13-12(18-7-10-21-14(18)16-13)11-15-3-2-4-17-5-8-20-9-6-17/h7,10,15H,2-6,8-9,11H2,1H3. The Morgan fingerprint density at radius 2 is 2.29 bits per heavy atom. The van der Waals surface area contributed by atoms with Crippen LogP contribution in [0.2, 0.25) is 0 Å². The number of hydrogen-bond acceptors (Lipinski definition) is 6. The van der Waals surface area contributed by atoms with Gasteiger partial charge in [-0.2, -0.15) is 4.98 Å². The highest BCUT2D eigenvalue weighted by Gasteiger charge is 2.13. The molecule has 0 saturated carbocycles. The fourth-order valence-corrected chi connectivity index (χ4v) is 3.32. The summed E-state index contributed by atoms with van der Waals surface area (Å²) in [5.41, 5.74) is 1.10. The Balaban J connectivity index is 1.44. The van der Waals surface area contributed by atoms with Gasteiger partial charge < -0.3 is 14.8 Å². The van der Waals surface area contributed by atoms with E-state index in [1.54, 1.807) is 18.4 Å². The van der Waals surface area contributed by atoms with Crippen LogP contribution in [0, 0.1) is 0 Å². The van der Waals surface area contributed by atoms with E-state index in [0.717, 1.165) is 68.9 Å². The van der Waals surface area contributed by atoms with Gasteiger partial charge in [-0.15, -0.1) is 11.3 Å². The lowest BCUT2D eigenvalue weighted by Crippen LogP contribution is -2.37. The molecule has 0 bridgehead atoms. The number of nitrogens with one attached hydrogen (secondary N) is 1. The highest BCUT2D eigenvalue weighted by atomic mass is 32.1. The van der Waals surface area contributed by atoms with Crippen LogP contribution in [0.25, 0.3) is 4.96 Å². The molecule has 1 saturated heterocycles. The van der Waals surface area contributed by atoms with Crippen molar-refractivity contribution < 1.29 is 9.47 Å². The number of thiazole rings is 1. The van der Waals surface area contributed by atoms with Crippen molar-refractivity contribution in [2.24, 2.45) is 0 Å². The van der Waals surface area contributed by atoms with E-state index < -0.39 is 0 Å². The van der Waals surface area contributed by atoms with E-state index >= 15 is 0 Å². The van der Waals surface area contributed by atoms with Crippen molar-refractivity contribution >= 4 is 16.3 Å². The van der Waals surface area contributed by atoms with Gasteiger partial charge in [0.1, 0.15) is 5.69 Å². The van der Waals surface area contributed by atoms with Gasteiger partial charge >= 0.3 is 0 Å². The Labute approximate surface area is 128 Å². The minimum Gasteiger partial charge on any atom is -0.480 e. The SMILES string of the molecule is COc1nc2sccn2c1CNCCCN1CCOCC1. The number of hydrogen-bond donors (Lipinski definition) is 1. The zero-order valence-corrected chi connectivity index (χ0v) is 13.2. The Hall–Kier alpha value is -1.15. The number of rotatable bonds is 7. The molecule has 116 valence electrons. The smallest absolute Gasteiger partial charge is 0.237 e. The molecule has 0 aromatic carbocycles. The highest BCUT2D eigenvalue weighted by molar-refractivity contribution is 7.15. The van der Waals surface area contributed by atoms with Gasteiger partial charge in [0.2, 0.25) is 5.88 Å². The molecule has 1 N–H and O–H groups in total. The second-order valence-electron chi connectivity index (χ2n) is 5.11. The van der Waals surface area contributed by atoms with E-state index in [0.29, 0.717) is 0 Å². The number of morpholine rings is 1. The van der Waals surface area contributed by atoms with E-state index in [-0.39, 0.29) is 0 Å². The molecule has 3 rings (SSSR count). The number of aromatic nitrogens is 2. The van der Waals surface area contributed by atoms with E-state index in [9.17, 15) is 0 Å². The first-order chi connectivity index (χ1) is 10.4. The van der Waals surface area contributed by atoms with Crippen molar-refractivity contribution in [1.29, 1.82) is 0 Å². The first kappa shape index (κ1) is 14.8. The van der Waals surface area contributed by atoms with Gasteiger partial charge in [-0.25, -0.2) is 0 Å². The molecule has 21 heavy (non-hydrogen) atoms. The summed E-state index contributed by atoms with van der Waals surface area (Å²) in [6.45, 7) is 6.78. The number of ether oxygens (including phenoxy) is 2. The largest absolute Gasteiger partial charge is 0.480 e. The molecule has 0 unspecified atom stereocenters. The van der Waals surface area contributed by atoms with Gasteiger partial charge in [-0.3, -0.25) is 9.30 Å². The number of fused-ring (bicyclic) bond motifs is 1. The van der Waals surface area contributed by atoms with Crippen LogP contribution in [0.15, 0.2) is 11.6 Å². The summed E-state index contributed by atoms with van der Waals surface area (Å²) >= 11 is 1.63. The molecule has 7 heteroatoms. The maximum atomic E-state index is 5.35. The first-order valence-electron chi connectivity index (χ1n) is 7.37. The van der Waals surface area contributed by atoms with Crippen LogP contribution in [-0.4, -0.2) is 60.8 Å². The third kappa shape index (κ3) is 3.55. The topological polar surface area (TPSA) is 51.0 Å². The van der Waals surface area contributed by atoms with Gasteiger partial charge in [0, 0.05) is 31.2 Å². The van der Waals surface area contributed by atoms with Crippen LogP contribution in [0.1, 0.15) is 12.1 Å². The lowest BCUT2D eigenvalue weighted by atomic mass is 10.3. The molecule has 3 heterocycles. The lowest BCUT2D eigenvalue weighted by molar-refractivity contribution is 0.0374. The third-order valence-corrected chi connectivity index (χ3v) is 4.50. The number of methoxy groups -OCH3 is 1. The summed E-state index contributed by atoms with van der Waals surface area (Å²) in [5, 5.41) is 5.54. The molecule has 2 aromatic heterocycles. The van der Waals surface area contributed by atoms with Crippen molar-refractivity contribution in [3.8, 4) is 5.88 Å². The van der Waals surface area contributed by atoms with Crippen LogP contribution < -0.4 is 10.1 Å². The fourth-order valence-electron chi connectivity index (χ4n) is 2.60. The summed E-state index contributed by atoms with van der Waals surface area (Å²) in [6.07, 6.45) is 3.19. The van der Waals surface area contributed by atoms with Crippen molar-refractivity contribution in [2.75, 3.05) is 46.5 Å². The molecule has 0 radical (unpaired) electrons. The molecule has 0 atom stereocenters. The Morgan fingerprint density at radius 3 is 3.10 bits per heavy atom. The molecule has 0 amide bonds. The van der Waals surface area contributed by atoms with Crippen LogP contribution >= 0.6 is 11.3 Å². The van der Waals surface area contributed by atoms with Gasteiger partial charge in [0.15, 0.2) is 4.96 Å². The van der Waals surface area contributed by atoms with Crippen molar-refractivity contribution in [3.63, 3.8) is 0 Å². The normalized spacial score (nSPS) is 16.6. The van der Waals surface area contributed by atoms with E-state index in [1.165, 1.54) is 0 Å². The predicted molar refractivity (Wildman–Crippen MR) is 83.2 cm³/mol. The zero-order chi connectivity index (χ0) is 14.5. The van der Waals surface area contributed by atoms with Crippen LogP contribution in [0.3, 0.4) is 0 Å². The molecule has 1 fully saturated rings. The molecule has 0 spiro atoms. The summed E-state index contributed by atoms with van der Waals surface area (Å²) in [7, 11) is 1.67. The zero-order valence-electron chi connectivity index (χ0n) is 12.4. The Bertz CT molecular complexity index is 562. The average molecular weight is 310 g/mol. The number of nitrogens with zero attached hydrogens (tertiary/aromatic N) is 3. The molecular weight excluding hydrogens is 288 g/mol. The second kappa shape index (κ2) is 7.22. The maximum absolute atomic E-state index is 5.35. The highest BCUT2D eigenvalue weighted by Crippen LogP contribution is 2.22. The van der Waals surface area contributed by atoms with E-state index in [2.05, 4.69) is 19.6 Å². The Kier molecular flexibility index (Phi) is 5.08. The van der Waals surface area contributed by atoms with Crippen LogP contribution in [-0.2, 0) is 11.3 Å². The second-order valence-corrected chi connectivity index (χ2v) is 5.98. The summed E-state index contributed by atoms with van der Waals surface area (Å²) < 4.78 is 12.8. The molecular formula is C14H22N4O2S. The summed E-state index contributed by atoms with van der Waals surface area (Å²) in [5.74, 6) is 0.725. The van der Waals surface area contributed by atoms with Gasteiger partial charge in [-0.05, 0) is 19.5 Å². The lowest BCUT2D eigenvalue weighted by Gasteiger charge is -2.26. The van der Waals surface area contributed by atoms with Gasteiger partial charge in [0.25, 0.3) is 0 Å². The van der Waals surface area contributed by atoms with Gasteiger partial charge in [-0.1, -0.05) is 0 Å². The number of imidazole rings is 1. The molecule has 1 aliphatic heterocycles. The summed E-state index contributed by atoms with van der Waals surface area (Å²) in [4.78, 5) is 7.90. The average Bonchev–Trinajstić information content (AvgIpc) is 3.09. The van der Waals surface area contributed by atoms with Crippen LogP contribution in [0.5, 0.6) is 5.88 Å². The van der Waals surface area contributed by atoms with Crippen molar-refractivity contribution in [2.45, 2.75) is 13.0 Å².